The van der Waals surface area contributed by atoms with Crippen molar-refractivity contribution in [2.45, 2.75) is 38.9 Å². The first-order valence-electron chi connectivity index (χ1n) is 13.2. The number of carbonyl (C=O) groups is 1. The quantitative estimate of drug-likeness (QED) is 0.188. The van der Waals surface area contributed by atoms with E-state index in [1.54, 1.807) is 6.92 Å². The molecule has 15 heteroatoms. The normalized spacial score (nSPS) is 13.3. The van der Waals surface area contributed by atoms with Gasteiger partial charge in [-0.25, -0.2) is 14.4 Å². The Morgan fingerprint density at radius 3 is 2.79 bits per heavy atom. The van der Waals surface area contributed by atoms with Crippen molar-refractivity contribution in [2.75, 3.05) is 11.9 Å². The highest BCUT2D eigenvalue weighted by Gasteiger charge is 2.38. The minimum atomic E-state index is -4.77. The molecule has 0 unspecified atom stereocenters. The lowest BCUT2D eigenvalue weighted by Gasteiger charge is -2.12. The first kappa shape index (κ1) is 27.9. The zero-order valence-corrected chi connectivity index (χ0v) is 22.6. The van der Waals surface area contributed by atoms with Gasteiger partial charge >= 0.3 is 6.18 Å². The summed E-state index contributed by atoms with van der Waals surface area (Å²) < 4.78 is 64.9. The molecule has 1 aliphatic rings. The summed E-state index contributed by atoms with van der Waals surface area (Å²) in [4.78, 5) is 25.1. The number of aryl methyl sites for hydroxylation is 1. The number of aromatic nitrogens is 7. The average molecular weight is 594 g/mol. The van der Waals surface area contributed by atoms with Crippen molar-refractivity contribution < 1.29 is 26.9 Å². The van der Waals surface area contributed by atoms with Crippen LogP contribution < -0.4 is 10.6 Å². The van der Waals surface area contributed by atoms with E-state index in [1.807, 2.05) is 0 Å². The molecule has 0 radical (unpaired) electrons. The van der Waals surface area contributed by atoms with Crippen LogP contribution in [0.15, 0.2) is 41.4 Å². The van der Waals surface area contributed by atoms with Gasteiger partial charge < -0.3 is 15.2 Å². The highest BCUT2D eigenvalue weighted by atomic mass is 19.4. The number of carbonyl (C=O) groups excluding carboxylic acids is 1. The smallest absolute Gasteiger partial charge is 0.341 e. The topological polar surface area (TPSA) is 128 Å². The van der Waals surface area contributed by atoms with E-state index in [0.717, 1.165) is 23.6 Å². The molecule has 0 saturated heterocycles. The molecule has 0 atom stereocenters. The summed E-state index contributed by atoms with van der Waals surface area (Å²) >= 11 is 0. The first-order chi connectivity index (χ1) is 20.6. The van der Waals surface area contributed by atoms with Crippen LogP contribution in [0.25, 0.3) is 16.9 Å². The number of nitrogens with zero attached hydrogens (tertiary/aromatic N) is 7. The predicted molar refractivity (Wildman–Crippen MR) is 145 cm³/mol. The Kier molecular flexibility index (Phi) is 7.04. The van der Waals surface area contributed by atoms with Crippen LogP contribution in [0, 0.1) is 31.0 Å². The predicted octanol–water partition coefficient (Wildman–Crippen LogP) is 4.55. The summed E-state index contributed by atoms with van der Waals surface area (Å²) in [6, 6.07) is 2.63. The van der Waals surface area contributed by atoms with Gasteiger partial charge in [-0.3, -0.25) is 13.9 Å². The van der Waals surface area contributed by atoms with Crippen LogP contribution in [0.5, 0.6) is 0 Å². The van der Waals surface area contributed by atoms with Crippen LogP contribution in [0.2, 0.25) is 0 Å². The minimum absolute atomic E-state index is 0.0565. The van der Waals surface area contributed by atoms with E-state index in [0.29, 0.717) is 23.7 Å². The third-order valence-corrected chi connectivity index (χ3v) is 6.84. The number of halogens is 4. The Balaban J connectivity index is 1.30. The van der Waals surface area contributed by atoms with Crippen LogP contribution in [0.3, 0.4) is 0 Å². The third kappa shape index (κ3) is 5.76. The molecule has 43 heavy (non-hydrogen) atoms. The van der Waals surface area contributed by atoms with E-state index in [1.165, 1.54) is 35.3 Å². The molecule has 4 aromatic heterocycles. The number of imidazole rings is 1. The van der Waals surface area contributed by atoms with Crippen molar-refractivity contribution in [1.82, 2.24) is 39.6 Å². The maximum absolute atomic E-state index is 14.9. The van der Waals surface area contributed by atoms with Gasteiger partial charge in [0.25, 0.3) is 5.91 Å². The number of amides is 1. The molecule has 0 spiro atoms. The number of rotatable bonds is 9. The van der Waals surface area contributed by atoms with E-state index in [-0.39, 0.29) is 53.0 Å². The molecule has 1 amide bonds. The Labute approximate surface area is 241 Å². The van der Waals surface area contributed by atoms with Crippen molar-refractivity contribution >= 4 is 23.1 Å². The van der Waals surface area contributed by atoms with Gasteiger partial charge in [-0.2, -0.15) is 23.3 Å². The molecule has 0 aliphatic heterocycles. The van der Waals surface area contributed by atoms with E-state index < -0.39 is 23.6 Å². The fraction of sp³-hybridized carbons (Fsp3) is 0.286. The summed E-state index contributed by atoms with van der Waals surface area (Å²) in [6.45, 7) is 1.35. The zero-order chi connectivity index (χ0) is 30.3. The average Bonchev–Trinajstić information content (AvgIpc) is 3.29. The van der Waals surface area contributed by atoms with Crippen molar-refractivity contribution in [2.24, 2.45) is 5.92 Å². The van der Waals surface area contributed by atoms with E-state index >= 15 is 0 Å². The van der Waals surface area contributed by atoms with E-state index in [4.69, 9.17) is 10.9 Å². The maximum atomic E-state index is 14.9. The molecule has 0 bridgehead atoms. The number of nitrogens with one attached hydrogen (secondary N) is 2. The third-order valence-electron chi connectivity index (χ3n) is 6.84. The lowest BCUT2D eigenvalue weighted by Crippen LogP contribution is -2.25. The molecule has 1 saturated carbocycles. The number of anilines is 2. The van der Waals surface area contributed by atoms with E-state index in [2.05, 4.69) is 41.8 Å². The number of alkyl halides is 3. The second-order valence-corrected chi connectivity index (χ2v) is 10.1. The van der Waals surface area contributed by atoms with Crippen molar-refractivity contribution in [3.05, 3.63) is 71.3 Å². The van der Waals surface area contributed by atoms with Gasteiger partial charge in [-0.15, -0.1) is 6.42 Å². The van der Waals surface area contributed by atoms with Gasteiger partial charge in [0.05, 0.1) is 29.6 Å². The molecular weight excluding hydrogens is 570 g/mol. The number of hydrogen-bond acceptors (Lipinski definition) is 8. The SMILES string of the molecule is C#CCNC(=O)c1c(C)cc(Nc2nccn3c(-c4cn(Cc5nc(CC6CC6)no5)nc4C(F)(F)F)cnc23)cc1F. The Hall–Kier alpha value is -5.26. The largest absolute Gasteiger partial charge is 0.435 e. The molecule has 11 nitrogen and oxygen atoms in total. The first-order valence-corrected chi connectivity index (χ1v) is 13.2. The molecule has 4 heterocycles. The summed E-state index contributed by atoms with van der Waals surface area (Å²) in [5.41, 5.74) is -0.648. The molecule has 1 aliphatic carbocycles. The van der Waals surface area contributed by atoms with Crippen molar-refractivity contribution in [1.29, 1.82) is 0 Å². The van der Waals surface area contributed by atoms with E-state index in [9.17, 15) is 22.4 Å². The fourth-order valence-electron chi connectivity index (χ4n) is 4.72. The van der Waals surface area contributed by atoms with Crippen molar-refractivity contribution in [3.63, 3.8) is 0 Å². The second kappa shape index (κ2) is 10.9. The monoisotopic (exact) mass is 593 g/mol. The number of hydrogen-bond donors (Lipinski definition) is 2. The minimum Gasteiger partial charge on any atom is -0.341 e. The highest BCUT2D eigenvalue weighted by Crippen LogP contribution is 2.37. The molecule has 1 aromatic carbocycles. The zero-order valence-electron chi connectivity index (χ0n) is 22.6. The van der Waals surface area contributed by atoms with Gasteiger partial charge in [0.15, 0.2) is 23.0 Å². The number of benzene rings is 1. The number of fused-ring (bicyclic) bond motifs is 1. The van der Waals surface area contributed by atoms with Gasteiger partial charge in [0.1, 0.15) is 12.4 Å². The molecule has 2 N–H and O–H groups in total. The lowest BCUT2D eigenvalue weighted by atomic mass is 10.1. The molecule has 6 rings (SSSR count). The Bertz CT molecular complexity index is 1860. The molecule has 5 aromatic rings. The number of terminal acetylenes is 1. The van der Waals surface area contributed by atoms with Crippen LogP contribution >= 0.6 is 0 Å². The lowest BCUT2D eigenvalue weighted by molar-refractivity contribution is -0.141. The molecule has 1 fully saturated rings. The van der Waals surface area contributed by atoms with Crippen LogP contribution in [-0.4, -0.2) is 46.7 Å². The summed E-state index contributed by atoms with van der Waals surface area (Å²) in [7, 11) is 0. The molecule has 220 valence electrons. The fourth-order valence-corrected chi connectivity index (χ4v) is 4.72. The van der Waals surface area contributed by atoms with Gasteiger partial charge in [-0.05, 0) is 43.4 Å². The van der Waals surface area contributed by atoms with Gasteiger partial charge in [-0.1, -0.05) is 11.1 Å². The summed E-state index contributed by atoms with van der Waals surface area (Å²) in [5, 5.41) is 13.1. The standard InChI is InChI=1S/C28H23F4N9O2/c1-3-6-34-27(42)23-15(2)9-17(11-19(23)29)36-25-26-35-12-20(41(26)8-7-33-25)18-13-40(38-24(18)28(30,31)32)14-22-37-21(39-43-22)10-16-4-5-16/h1,7-9,11-13,16H,4-6,10,14H2,2H3,(H,33,36)(H,34,42). The maximum Gasteiger partial charge on any atom is 0.435 e. The highest BCUT2D eigenvalue weighted by molar-refractivity contribution is 5.96. The van der Waals surface area contributed by atoms with Crippen molar-refractivity contribution in [3.8, 4) is 23.6 Å². The van der Waals surface area contributed by atoms with Crippen LogP contribution in [-0.2, 0) is 19.1 Å². The van der Waals surface area contributed by atoms with Crippen LogP contribution in [0.1, 0.15) is 46.2 Å². The summed E-state index contributed by atoms with van der Waals surface area (Å²) in [6.07, 6.45) is 8.58. The van der Waals surface area contributed by atoms with Crippen LogP contribution in [0.4, 0.5) is 29.1 Å². The van der Waals surface area contributed by atoms with Gasteiger partial charge in [0.2, 0.25) is 5.89 Å². The second-order valence-electron chi connectivity index (χ2n) is 10.1. The Morgan fingerprint density at radius 1 is 1.26 bits per heavy atom. The summed E-state index contributed by atoms with van der Waals surface area (Å²) in [5.74, 6) is 2.14. The molecular formula is C28H23F4N9O2. The van der Waals surface area contributed by atoms with Gasteiger partial charge in [0, 0.05) is 30.7 Å². The Morgan fingerprint density at radius 2 is 2.07 bits per heavy atom.